The van der Waals surface area contributed by atoms with E-state index in [9.17, 15) is 9.18 Å². The van der Waals surface area contributed by atoms with Crippen LogP contribution in [0.5, 0.6) is 5.75 Å². The molecular formula is C19H16FNO2. The van der Waals surface area contributed by atoms with Crippen LogP contribution in [0.15, 0.2) is 60.7 Å². The summed E-state index contributed by atoms with van der Waals surface area (Å²) >= 11 is 0. The number of benzene rings is 3. The van der Waals surface area contributed by atoms with Crippen molar-refractivity contribution in [2.45, 2.75) is 6.92 Å². The van der Waals surface area contributed by atoms with Crippen molar-refractivity contribution in [1.29, 1.82) is 0 Å². The van der Waals surface area contributed by atoms with Crippen molar-refractivity contribution in [3.05, 3.63) is 72.0 Å². The third kappa shape index (κ3) is 3.48. The summed E-state index contributed by atoms with van der Waals surface area (Å²) in [7, 11) is 0. The van der Waals surface area contributed by atoms with E-state index in [-0.39, 0.29) is 12.3 Å². The van der Waals surface area contributed by atoms with E-state index in [1.807, 2.05) is 42.5 Å². The van der Waals surface area contributed by atoms with Crippen molar-refractivity contribution >= 4 is 22.4 Å². The molecule has 0 aliphatic heterocycles. The molecule has 0 bridgehead atoms. The summed E-state index contributed by atoms with van der Waals surface area (Å²) in [6.45, 7) is 1.61. The largest absolute Gasteiger partial charge is 0.483 e. The Labute approximate surface area is 133 Å². The van der Waals surface area contributed by atoms with Gasteiger partial charge in [-0.2, -0.15) is 0 Å². The van der Waals surface area contributed by atoms with Gasteiger partial charge in [-0.1, -0.05) is 42.5 Å². The molecule has 0 aliphatic rings. The number of hydrogen-bond acceptors (Lipinski definition) is 2. The first kappa shape index (κ1) is 15.0. The van der Waals surface area contributed by atoms with E-state index >= 15 is 0 Å². The second-order valence-corrected chi connectivity index (χ2v) is 5.30. The van der Waals surface area contributed by atoms with E-state index in [1.165, 1.54) is 6.07 Å². The van der Waals surface area contributed by atoms with Crippen LogP contribution in [0, 0.1) is 12.7 Å². The summed E-state index contributed by atoms with van der Waals surface area (Å²) in [6.07, 6.45) is 0. The van der Waals surface area contributed by atoms with Crippen LogP contribution < -0.4 is 10.1 Å². The Kier molecular flexibility index (Phi) is 4.24. The lowest BCUT2D eigenvalue weighted by Gasteiger charge is -2.10. The van der Waals surface area contributed by atoms with Crippen molar-refractivity contribution in [3.63, 3.8) is 0 Å². The standard InChI is InChI=1S/C19H16FNO2/c1-13-9-10-17(16(20)11-13)21-19(22)12-23-18-8-4-6-14-5-2-3-7-15(14)18/h2-11H,12H2,1H3,(H,21,22). The number of carbonyl (C=O) groups excluding carboxylic acids is 1. The molecule has 0 aromatic heterocycles. The van der Waals surface area contributed by atoms with Gasteiger partial charge in [0.1, 0.15) is 11.6 Å². The zero-order valence-corrected chi connectivity index (χ0v) is 12.7. The number of anilines is 1. The lowest BCUT2D eigenvalue weighted by Crippen LogP contribution is -2.20. The van der Waals surface area contributed by atoms with Gasteiger partial charge in [-0.3, -0.25) is 4.79 Å². The first-order valence-electron chi connectivity index (χ1n) is 7.30. The van der Waals surface area contributed by atoms with E-state index < -0.39 is 11.7 Å². The molecule has 0 heterocycles. The number of fused-ring (bicyclic) bond motifs is 1. The van der Waals surface area contributed by atoms with Gasteiger partial charge in [-0.05, 0) is 36.1 Å². The summed E-state index contributed by atoms with van der Waals surface area (Å²) in [4.78, 5) is 12.0. The summed E-state index contributed by atoms with van der Waals surface area (Å²) < 4.78 is 19.3. The quantitative estimate of drug-likeness (QED) is 0.780. The Bertz CT molecular complexity index is 856. The van der Waals surface area contributed by atoms with Crippen LogP contribution in [0.1, 0.15) is 5.56 Å². The van der Waals surface area contributed by atoms with Crippen LogP contribution in [0.25, 0.3) is 10.8 Å². The van der Waals surface area contributed by atoms with Gasteiger partial charge in [0.05, 0.1) is 5.69 Å². The van der Waals surface area contributed by atoms with E-state index in [1.54, 1.807) is 19.1 Å². The summed E-state index contributed by atoms with van der Waals surface area (Å²) in [5.74, 6) is -0.230. The maximum absolute atomic E-state index is 13.7. The average Bonchev–Trinajstić information content (AvgIpc) is 2.55. The van der Waals surface area contributed by atoms with Gasteiger partial charge < -0.3 is 10.1 Å². The van der Waals surface area contributed by atoms with Crippen molar-refractivity contribution in [2.75, 3.05) is 11.9 Å². The molecule has 0 saturated carbocycles. The minimum Gasteiger partial charge on any atom is -0.483 e. The molecule has 1 N–H and O–H groups in total. The second-order valence-electron chi connectivity index (χ2n) is 5.30. The second kappa shape index (κ2) is 6.48. The molecule has 3 rings (SSSR count). The fourth-order valence-corrected chi connectivity index (χ4v) is 2.37. The molecule has 23 heavy (non-hydrogen) atoms. The lowest BCUT2D eigenvalue weighted by molar-refractivity contribution is -0.118. The molecular weight excluding hydrogens is 293 g/mol. The Balaban J connectivity index is 1.69. The summed E-state index contributed by atoms with van der Waals surface area (Å²) in [6, 6.07) is 18.1. The van der Waals surface area contributed by atoms with Crippen molar-refractivity contribution in [2.24, 2.45) is 0 Å². The summed E-state index contributed by atoms with van der Waals surface area (Å²) in [5, 5.41) is 4.49. The Hall–Kier alpha value is -2.88. The van der Waals surface area contributed by atoms with Crippen LogP contribution in [0.4, 0.5) is 10.1 Å². The maximum Gasteiger partial charge on any atom is 0.262 e. The van der Waals surface area contributed by atoms with E-state index in [0.717, 1.165) is 16.3 Å². The first-order chi connectivity index (χ1) is 11.1. The number of carbonyl (C=O) groups is 1. The predicted octanol–water partition coefficient (Wildman–Crippen LogP) is 4.30. The van der Waals surface area contributed by atoms with Crippen LogP contribution in [-0.4, -0.2) is 12.5 Å². The molecule has 0 aliphatic carbocycles. The van der Waals surface area contributed by atoms with Gasteiger partial charge >= 0.3 is 0 Å². The highest BCUT2D eigenvalue weighted by Crippen LogP contribution is 2.25. The maximum atomic E-state index is 13.7. The number of halogens is 1. The normalized spacial score (nSPS) is 10.5. The molecule has 3 aromatic rings. The highest BCUT2D eigenvalue weighted by molar-refractivity contribution is 5.93. The minimum atomic E-state index is -0.455. The molecule has 0 atom stereocenters. The summed E-state index contributed by atoms with van der Waals surface area (Å²) in [5.41, 5.74) is 0.953. The zero-order chi connectivity index (χ0) is 16.2. The first-order valence-corrected chi connectivity index (χ1v) is 7.30. The minimum absolute atomic E-state index is 0.155. The van der Waals surface area contributed by atoms with E-state index in [4.69, 9.17) is 4.74 Å². The van der Waals surface area contributed by atoms with Crippen LogP contribution >= 0.6 is 0 Å². The highest BCUT2D eigenvalue weighted by Gasteiger charge is 2.09. The monoisotopic (exact) mass is 309 g/mol. The smallest absolute Gasteiger partial charge is 0.262 e. The lowest BCUT2D eigenvalue weighted by atomic mass is 10.1. The molecule has 116 valence electrons. The number of nitrogens with one attached hydrogen (secondary N) is 1. The molecule has 0 saturated heterocycles. The highest BCUT2D eigenvalue weighted by atomic mass is 19.1. The molecule has 0 spiro atoms. The van der Waals surface area contributed by atoms with Crippen molar-refractivity contribution < 1.29 is 13.9 Å². The molecule has 3 nitrogen and oxygen atoms in total. The third-order valence-corrected chi connectivity index (χ3v) is 3.51. The van der Waals surface area contributed by atoms with Crippen LogP contribution in [0.3, 0.4) is 0 Å². The molecule has 0 unspecified atom stereocenters. The Morgan fingerprint density at radius 2 is 1.87 bits per heavy atom. The number of amides is 1. The molecule has 3 aromatic carbocycles. The van der Waals surface area contributed by atoms with Crippen LogP contribution in [0.2, 0.25) is 0 Å². The predicted molar refractivity (Wildman–Crippen MR) is 89.2 cm³/mol. The topological polar surface area (TPSA) is 38.3 Å². The van der Waals surface area contributed by atoms with Gasteiger partial charge in [0.15, 0.2) is 6.61 Å². The van der Waals surface area contributed by atoms with Gasteiger partial charge in [-0.15, -0.1) is 0 Å². The SMILES string of the molecule is Cc1ccc(NC(=O)COc2cccc3ccccc23)c(F)c1. The fraction of sp³-hybridized carbons (Fsp3) is 0.105. The number of hydrogen-bond donors (Lipinski definition) is 1. The van der Waals surface area contributed by atoms with Gasteiger partial charge in [0.25, 0.3) is 5.91 Å². The Morgan fingerprint density at radius 3 is 2.70 bits per heavy atom. The zero-order valence-electron chi connectivity index (χ0n) is 12.7. The van der Waals surface area contributed by atoms with Gasteiger partial charge in [0.2, 0.25) is 0 Å². The Morgan fingerprint density at radius 1 is 1.09 bits per heavy atom. The fourth-order valence-electron chi connectivity index (χ4n) is 2.37. The van der Waals surface area contributed by atoms with Gasteiger partial charge in [0, 0.05) is 5.39 Å². The molecule has 0 radical (unpaired) electrons. The van der Waals surface area contributed by atoms with Crippen LogP contribution in [-0.2, 0) is 4.79 Å². The number of aryl methyl sites for hydroxylation is 1. The van der Waals surface area contributed by atoms with E-state index in [2.05, 4.69) is 5.32 Å². The third-order valence-electron chi connectivity index (χ3n) is 3.51. The van der Waals surface area contributed by atoms with E-state index in [0.29, 0.717) is 5.75 Å². The number of ether oxygens (including phenoxy) is 1. The number of rotatable bonds is 4. The molecule has 1 amide bonds. The van der Waals surface area contributed by atoms with Crippen molar-refractivity contribution in [1.82, 2.24) is 0 Å². The van der Waals surface area contributed by atoms with Crippen molar-refractivity contribution in [3.8, 4) is 5.75 Å². The molecule has 4 heteroatoms. The average molecular weight is 309 g/mol. The molecule has 0 fully saturated rings. The van der Waals surface area contributed by atoms with Gasteiger partial charge in [-0.25, -0.2) is 4.39 Å².